The Labute approximate surface area is 178 Å². The van der Waals surface area contributed by atoms with Crippen molar-refractivity contribution >= 4 is 23.2 Å². The smallest absolute Gasteiger partial charge is 0.399 e. The average molecular weight is 455 g/mol. The average Bonchev–Trinajstić information content (AvgIpc) is 2.69. The van der Waals surface area contributed by atoms with E-state index in [9.17, 15) is 27.2 Å². The number of benzene rings is 2. The summed E-state index contributed by atoms with van der Waals surface area (Å²) < 4.78 is 54.3. The normalized spacial score (nSPS) is 12.5. The number of nitrogen functional groups attached to an aromatic ring is 1. The van der Waals surface area contributed by atoms with Crippen LogP contribution in [0.3, 0.4) is 0 Å². The summed E-state index contributed by atoms with van der Waals surface area (Å²) in [6.07, 6.45) is -4.73. The maximum absolute atomic E-state index is 14.0. The monoisotopic (exact) mass is 454 g/mol. The number of aromatic nitrogens is 2. The van der Waals surface area contributed by atoms with Gasteiger partial charge in [-0.15, -0.1) is 0 Å². The highest BCUT2D eigenvalue weighted by atomic mass is 35.5. The van der Waals surface area contributed by atoms with Crippen molar-refractivity contribution in [2.24, 2.45) is 0 Å². The Balaban J connectivity index is 1.93. The molecule has 0 saturated carbocycles. The number of hydrogen-bond donors (Lipinski definition) is 2. The summed E-state index contributed by atoms with van der Waals surface area (Å²) in [5, 5.41) is 5.72. The highest BCUT2D eigenvalue weighted by Gasteiger charge is 2.35. The lowest BCUT2D eigenvalue weighted by Gasteiger charge is -2.19. The molecule has 0 radical (unpaired) electrons. The van der Waals surface area contributed by atoms with Gasteiger partial charge in [-0.25, -0.2) is 4.39 Å². The molecule has 0 spiro atoms. The van der Waals surface area contributed by atoms with Crippen LogP contribution in [-0.2, 0) is 6.18 Å². The Morgan fingerprint density at radius 1 is 1.19 bits per heavy atom. The zero-order valence-corrected chi connectivity index (χ0v) is 16.6. The number of para-hydroxylation sites is 1. The van der Waals surface area contributed by atoms with E-state index in [4.69, 9.17) is 17.3 Å². The number of nitrogens with two attached hydrogens (primary N) is 1. The molecule has 1 amide bonds. The topological polar surface area (TPSA) is 90.0 Å². The Morgan fingerprint density at radius 3 is 2.52 bits per heavy atom. The van der Waals surface area contributed by atoms with Crippen LogP contribution in [0.2, 0.25) is 5.02 Å². The highest BCUT2D eigenvalue weighted by molar-refractivity contribution is 6.32. The van der Waals surface area contributed by atoms with Gasteiger partial charge in [0.1, 0.15) is 17.2 Å². The number of rotatable bonds is 4. The molecule has 0 aliphatic carbocycles. The molecule has 0 unspecified atom stereocenters. The van der Waals surface area contributed by atoms with Gasteiger partial charge in [-0.2, -0.15) is 23.0 Å². The first-order valence-electron chi connectivity index (χ1n) is 8.81. The third kappa shape index (κ3) is 4.69. The van der Waals surface area contributed by atoms with E-state index >= 15 is 0 Å². The summed E-state index contributed by atoms with van der Waals surface area (Å²) in [7, 11) is 0. The molecule has 162 valence electrons. The van der Waals surface area contributed by atoms with Gasteiger partial charge in [-0.3, -0.25) is 9.59 Å². The van der Waals surface area contributed by atoms with Gasteiger partial charge in [0.05, 0.1) is 16.6 Å². The standard InChI is InChI=1S/C20H15ClF4N4O2/c1-10(12-8-11(26)9-13(18(12)21)20(23,24)25)27-19(31)15-6-7-17(30)29(28-15)16-5-3-2-4-14(16)22/h2-10H,26H2,1H3,(H,27,31)/t10-/m1/s1. The lowest BCUT2D eigenvalue weighted by atomic mass is 10.0. The van der Waals surface area contributed by atoms with E-state index in [0.717, 1.165) is 18.2 Å². The summed E-state index contributed by atoms with van der Waals surface area (Å²) in [6, 6.07) is 8.41. The number of halogens is 5. The zero-order valence-electron chi connectivity index (χ0n) is 15.9. The molecule has 1 heterocycles. The molecule has 0 aliphatic rings. The van der Waals surface area contributed by atoms with E-state index in [1.807, 2.05) is 0 Å². The Hall–Kier alpha value is -3.40. The van der Waals surface area contributed by atoms with Gasteiger partial charge in [0.25, 0.3) is 11.5 Å². The minimum atomic E-state index is -4.73. The number of nitrogens with one attached hydrogen (secondary N) is 1. The van der Waals surface area contributed by atoms with Crippen LogP contribution in [0.25, 0.3) is 5.69 Å². The number of amides is 1. The van der Waals surface area contributed by atoms with Crippen molar-refractivity contribution in [3.05, 3.63) is 86.5 Å². The van der Waals surface area contributed by atoms with Crippen molar-refractivity contribution in [1.29, 1.82) is 0 Å². The van der Waals surface area contributed by atoms with Crippen molar-refractivity contribution in [3.8, 4) is 5.69 Å². The second-order valence-corrected chi connectivity index (χ2v) is 6.96. The number of carbonyl (C=O) groups is 1. The van der Waals surface area contributed by atoms with Crippen LogP contribution < -0.4 is 16.6 Å². The van der Waals surface area contributed by atoms with Gasteiger partial charge >= 0.3 is 6.18 Å². The van der Waals surface area contributed by atoms with E-state index in [1.165, 1.54) is 31.2 Å². The minimum absolute atomic E-state index is 0.0511. The molecule has 31 heavy (non-hydrogen) atoms. The molecule has 11 heteroatoms. The third-order valence-electron chi connectivity index (χ3n) is 4.36. The molecular weight excluding hydrogens is 440 g/mol. The van der Waals surface area contributed by atoms with Crippen LogP contribution in [0.5, 0.6) is 0 Å². The molecule has 3 N–H and O–H groups in total. The van der Waals surface area contributed by atoms with Gasteiger partial charge in [0.15, 0.2) is 0 Å². The van der Waals surface area contributed by atoms with Gasteiger partial charge in [0, 0.05) is 11.8 Å². The molecule has 0 fully saturated rings. The quantitative estimate of drug-likeness (QED) is 0.458. The summed E-state index contributed by atoms with van der Waals surface area (Å²) in [6.45, 7) is 1.41. The van der Waals surface area contributed by atoms with E-state index in [2.05, 4.69) is 10.4 Å². The van der Waals surface area contributed by atoms with E-state index in [-0.39, 0.29) is 22.6 Å². The fourth-order valence-corrected chi connectivity index (χ4v) is 3.25. The van der Waals surface area contributed by atoms with Crippen molar-refractivity contribution in [1.82, 2.24) is 15.1 Å². The maximum atomic E-state index is 14.0. The first-order chi connectivity index (χ1) is 14.5. The molecule has 2 aromatic carbocycles. The number of hydrogen-bond acceptors (Lipinski definition) is 4. The predicted octanol–water partition coefficient (Wildman–Crippen LogP) is 4.12. The predicted molar refractivity (Wildman–Crippen MR) is 107 cm³/mol. The van der Waals surface area contributed by atoms with Crippen molar-refractivity contribution < 1.29 is 22.4 Å². The summed E-state index contributed by atoms with van der Waals surface area (Å²) in [5.74, 6) is -1.54. The molecule has 0 aliphatic heterocycles. The van der Waals surface area contributed by atoms with Crippen molar-refractivity contribution in [3.63, 3.8) is 0 Å². The Kier molecular flexibility index (Phi) is 6.03. The largest absolute Gasteiger partial charge is 0.417 e. The van der Waals surface area contributed by atoms with Crippen molar-refractivity contribution in [2.45, 2.75) is 19.1 Å². The van der Waals surface area contributed by atoms with Crippen LogP contribution in [-0.4, -0.2) is 15.7 Å². The van der Waals surface area contributed by atoms with Crippen LogP contribution in [0.4, 0.5) is 23.2 Å². The van der Waals surface area contributed by atoms with Crippen LogP contribution in [0.15, 0.2) is 53.3 Å². The second kappa shape index (κ2) is 8.38. The molecule has 1 atom stereocenters. The molecule has 6 nitrogen and oxygen atoms in total. The number of nitrogens with zero attached hydrogens (tertiary/aromatic N) is 2. The maximum Gasteiger partial charge on any atom is 0.417 e. The lowest BCUT2D eigenvalue weighted by Crippen LogP contribution is -2.31. The second-order valence-electron chi connectivity index (χ2n) is 6.58. The summed E-state index contributed by atoms with van der Waals surface area (Å²) >= 11 is 5.90. The summed E-state index contributed by atoms with van der Waals surface area (Å²) in [4.78, 5) is 24.7. The number of carbonyl (C=O) groups excluding carboxylic acids is 1. The highest BCUT2D eigenvalue weighted by Crippen LogP contribution is 2.39. The fourth-order valence-electron chi connectivity index (χ4n) is 2.87. The van der Waals surface area contributed by atoms with Crippen LogP contribution in [0, 0.1) is 5.82 Å². The Bertz CT molecular complexity index is 1210. The minimum Gasteiger partial charge on any atom is -0.399 e. The molecule has 0 saturated heterocycles. The van der Waals surface area contributed by atoms with Gasteiger partial charge < -0.3 is 11.1 Å². The lowest BCUT2D eigenvalue weighted by molar-refractivity contribution is -0.137. The molecule has 1 aromatic heterocycles. The molecule has 0 bridgehead atoms. The zero-order chi connectivity index (χ0) is 22.9. The van der Waals surface area contributed by atoms with E-state index < -0.39 is 40.1 Å². The van der Waals surface area contributed by atoms with Crippen LogP contribution in [0.1, 0.15) is 34.6 Å². The molecule has 3 aromatic rings. The van der Waals surface area contributed by atoms with Gasteiger partial charge in [0.2, 0.25) is 0 Å². The fraction of sp³-hybridized carbons (Fsp3) is 0.150. The first-order valence-corrected chi connectivity index (χ1v) is 9.19. The first kappa shape index (κ1) is 22.3. The SMILES string of the molecule is C[C@@H](NC(=O)c1ccc(=O)n(-c2ccccc2F)n1)c1cc(N)cc(C(F)(F)F)c1Cl. The molecule has 3 rings (SSSR count). The van der Waals surface area contributed by atoms with Crippen LogP contribution >= 0.6 is 11.6 Å². The number of anilines is 1. The summed E-state index contributed by atoms with van der Waals surface area (Å²) in [5.41, 5.74) is 3.10. The third-order valence-corrected chi connectivity index (χ3v) is 4.78. The van der Waals surface area contributed by atoms with E-state index in [0.29, 0.717) is 10.7 Å². The van der Waals surface area contributed by atoms with Gasteiger partial charge in [-0.05, 0) is 42.8 Å². The molecular formula is C20H15ClF4N4O2. The Morgan fingerprint density at radius 2 is 1.87 bits per heavy atom. The van der Waals surface area contributed by atoms with Gasteiger partial charge in [-0.1, -0.05) is 23.7 Å². The van der Waals surface area contributed by atoms with E-state index in [1.54, 1.807) is 0 Å². The number of alkyl halides is 3. The van der Waals surface area contributed by atoms with Crippen molar-refractivity contribution in [2.75, 3.05) is 5.73 Å².